The van der Waals surface area contributed by atoms with E-state index in [0.29, 0.717) is 27.3 Å². The van der Waals surface area contributed by atoms with Gasteiger partial charge in [0.2, 0.25) is 0 Å². The fourth-order valence-corrected chi connectivity index (χ4v) is 3.90. The van der Waals surface area contributed by atoms with Crippen LogP contribution in [0.5, 0.6) is 11.5 Å². The Bertz CT molecular complexity index is 1270. The summed E-state index contributed by atoms with van der Waals surface area (Å²) in [6, 6.07) is 5.45. The SMILES string of the molecule is CC1COc2cc(/C=c3\s/c(=C/C(=O)C(C)(C)n4cncn4)n(N)c3=O)ccc2O1. The third-order valence-electron chi connectivity index (χ3n) is 4.80. The monoisotopic (exact) mass is 427 g/mol. The Morgan fingerprint density at radius 1 is 1.37 bits per heavy atom. The zero-order valence-electron chi connectivity index (χ0n) is 16.7. The van der Waals surface area contributed by atoms with E-state index in [-0.39, 0.29) is 17.4 Å². The van der Waals surface area contributed by atoms with E-state index in [9.17, 15) is 9.59 Å². The third-order valence-corrected chi connectivity index (χ3v) is 5.83. The largest absolute Gasteiger partial charge is 0.486 e. The molecule has 1 aromatic carbocycles. The molecule has 0 spiro atoms. The van der Waals surface area contributed by atoms with Crippen molar-refractivity contribution >= 4 is 29.3 Å². The van der Waals surface area contributed by atoms with Crippen molar-refractivity contribution in [3.05, 3.63) is 56.0 Å². The number of rotatable bonds is 4. The lowest BCUT2D eigenvalue weighted by molar-refractivity contribution is -0.120. The molecular formula is C20H21N5O4S. The average molecular weight is 427 g/mol. The lowest BCUT2D eigenvalue weighted by Crippen LogP contribution is -2.40. The Morgan fingerprint density at radius 3 is 2.90 bits per heavy atom. The summed E-state index contributed by atoms with van der Waals surface area (Å²) in [7, 11) is 0. The number of hydrogen-bond donors (Lipinski definition) is 1. The lowest BCUT2D eigenvalue weighted by atomic mass is 10.00. The van der Waals surface area contributed by atoms with E-state index in [4.69, 9.17) is 15.3 Å². The van der Waals surface area contributed by atoms with Gasteiger partial charge in [-0.15, -0.1) is 11.3 Å². The number of carbonyl (C=O) groups is 1. The van der Waals surface area contributed by atoms with Crippen molar-refractivity contribution in [2.75, 3.05) is 12.4 Å². The zero-order chi connectivity index (χ0) is 21.5. The molecule has 0 aliphatic carbocycles. The molecule has 0 saturated heterocycles. The molecule has 1 aliphatic heterocycles. The molecule has 2 N–H and O–H groups in total. The fraction of sp³-hybridized carbons (Fsp3) is 0.300. The van der Waals surface area contributed by atoms with Gasteiger partial charge in [0.15, 0.2) is 17.3 Å². The van der Waals surface area contributed by atoms with Crippen LogP contribution in [0.3, 0.4) is 0 Å². The molecule has 1 atom stereocenters. The van der Waals surface area contributed by atoms with Crippen molar-refractivity contribution in [1.82, 2.24) is 19.4 Å². The minimum Gasteiger partial charge on any atom is -0.486 e. The summed E-state index contributed by atoms with van der Waals surface area (Å²) in [5, 5.41) is 4.03. The van der Waals surface area contributed by atoms with Crippen LogP contribution in [0.4, 0.5) is 0 Å². The molecule has 3 heterocycles. The topological polar surface area (TPSA) is 114 Å². The number of Topliss-reactive ketones (excluding diaryl/α,β-unsaturated/α-hetero) is 1. The molecule has 4 rings (SSSR count). The molecule has 0 radical (unpaired) electrons. The molecule has 30 heavy (non-hydrogen) atoms. The predicted molar refractivity (Wildman–Crippen MR) is 112 cm³/mol. The molecule has 0 saturated carbocycles. The standard InChI is InChI=1S/C20H21N5O4S/c1-12-9-28-15-6-13(4-5-14(15)29-12)7-16-19(27)25(21)18(30-16)8-17(26)20(2,3)24-11-22-10-23-24/h4-8,10-12H,9,21H2,1-3H3/b16-7-,18-8+. The summed E-state index contributed by atoms with van der Waals surface area (Å²) in [5.74, 6) is 6.97. The number of benzene rings is 1. The van der Waals surface area contributed by atoms with Gasteiger partial charge >= 0.3 is 0 Å². The first-order valence-electron chi connectivity index (χ1n) is 9.29. The van der Waals surface area contributed by atoms with E-state index in [0.717, 1.165) is 21.6 Å². The number of ether oxygens (including phenoxy) is 2. The van der Waals surface area contributed by atoms with Gasteiger partial charge in [-0.25, -0.2) is 14.3 Å². The Hall–Kier alpha value is -3.40. The van der Waals surface area contributed by atoms with Gasteiger partial charge in [-0.2, -0.15) is 5.10 Å². The van der Waals surface area contributed by atoms with Crippen LogP contribution in [-0.4, -0.2) is 37.9 Å². The van der Waals surface area contributed by atoms with Crippen LogP contribution in [0.1, 0.15) is 26.3 Å². The normalized spacial score (nSPS) is 17.4. The number of fused-ring (bicyclic) bond motifs is 1. The Labute approximate surface area is 175 Å². The molecule has 10 heteroatoms. The summed E-state index contributed by atoms with van der Waals surface area (Å²) in [6.07, 6.45) is 5.89. The first-order chi connectivity index (χ1) is 14.3. The van der Waals surface area contributed by atoms with Gasteiger partial charge in [0.05, 0.1) is 4.53 Å². The predicted octanol–water partition coefficient (Wildman–Crippen LogP) is -0.0115. The molecule has 0 bridgehead atoms. The van der Waals surface area contributed by atoms with Crippen LogP contribution in [0.25, 0.3) is 12.2 Å². The van der Waals surface area contributed by atoms with Gasteiger partial charge in [-0.1, -0.05) is 6.07 Å². The maximum atomic E-state index is 12.8. The first-order valence-corrected chi connectivity index (χ1v) is 10.1. The van der Waals surface area contributed by atoms with E-state index in [1.54, 1.807) is 19.9 Å². The lowest BCUT2D eigenvalue weighted by Gasteiger charge is -2.23. The van der Waals surface area contributed by atoms with Crippen molar-refractivity contribution in [2.45, 2.75) is 32.4 Å². The number of aromatic nitrogens is 4. The van der Waals surface area contributed by atoms with Crippen molar-refractivity contribution < 1.29 is 14.3 Å². The molecule has 0 fully saturated rings. The molecule has 2 aromatic heterocycles. The Kier molecular flexibility index (Phi) is 4.94. The van der Waals surface area contributed by atoms with Crippen molar-refractivity contribution in [2.24, 2.45) is 0 Å². The van der Waals surface area contributed by atoms with Gasteiger partial charge in [0.25, 0.3) is 5.56 Å². The van der Waals surface area contributed by atoms with Crippen molar-refractivity contribution in [3.8, 4) is 11.5 Å². The number of nitrogens with two attached hydrogens (primary N) is 1. The van der Waals surface area contributed by atoms with E-state index in [1.165, 1.54) is 23.4 Å². The number of thiazole rings is 1. The highest BCUT2D eigenvalue weighted by Crippen LogP contribution is 2.32. The number of nitrogens with zero attached hydrogens (tertiary/aromatic N) is 4. The zero-order valence-corrected chi connectivity index (χ0v) is 17.5. The van der Waals surface area contributed by atoms with E-state index >= 15 is 0 Å². The maximum absolute atomic E-state index is 12.8. The summed E-state index contributed by atoms with van der Waals surface area (Å²) in [6.45, 7) is 5.84. The van der Waals surface area contributed by atoms with E-state index in [2.05, 4.69) is 10.1 Å². The number of ketones is 1. The second kappa shape index (κ2) is 7.45. The highest BCUT2D eigenvalue weighted by Gasteiger charge is 2.29. The minimum atomic E-state index is -0.965. The Morgan fingerprint density at radius 2 is 2.17 bits per heavy atom. The number of nitrogen functional groups attached to an aromatic ring is 1. The van der Waals surface area contributed by atoms with Crippen molar-refractivity contribution in [3.63, 3.8) is 0 Å². The highest BCUT2D eigenvalue weighted by atomic mass is 32.1. The molecule has 1 unspecified atom stereocenters. The molecule has 9 nitrogen and oxygen atoms in total. The summed E-state index contributed by atoms with van der Waals surface area (Å²) in [5.41, 5.74) is -0.583. The van der Waals surface area contributed by atoms with Gasteiger partial charge in [0.1, 0.15) is 35.6 Å². The summed E-state index contributed by atoms with van der Waals surface area (Å²) < 4.78 is 14.6. The van der Waals surface area contributed by atoms with Crippen LogP contribution in [-0.2, 0) is 10.3 Å². The van der Waals surface area contributed by atoms with E-state index < -0.39 is 5.54 Å². The maximum Gasteiger partial charge on any atom is 0.287 e. The van der Waals surface area contributed by atoms with Crippen molar-refractivity contribution in [1.29, 1.82) is 0 Å². The smallest absolute Gasteiger partial charge is 0.287 e. The molecule has 156 valence electrons. The molecule has 0 amide bonds. The van der Waals surface area contributed by atoms with Gasteiger partial charge in [-0.3, -0.25) is 9.59 Å². The molecule has 1 aliphatic rings. The quantitative estimate of drug-likeness (QED) is 0.583. The fourth-order valence-electron chi connectivity index (χ4n) is 2.95. The molecular weight excluding hydrogens is 406 g/mol. The van der Waals surface area contributed by atoms with Crippen LogP contribution in [0, 0.1) is 0 Å². The van der Waals surface area contributed by atoms with Gasteiger partial charge in [0, 0.05) is 6.08 Å². The van der Waals surface area contributed by atoms with Crippen LogP contribution < -0.4 is 30.1 Å². The third kappa shape index (κ3) is 3.61. The second-order valence-electron chi connectivity index (χ2n) is 7.48. The second-order valence-corrected chi connectivity index (χ2v) is 8.54. The van der Waals surface area contributed by atoms with Crippen LogP contribution in [0.15, 0.2) is 35.6 Å². The van der Waals surface area contributed by atoms with Crippen LogP contribution >= 0.6 is 11.3 Å². The summed E-state index contributed by atoms with van der Waals surface area (Å²) >= 11 is 1.14. The number of carbonyl (C=O) groups excluding carboxylic acids is 1. The summed E-state index contributed by atoms with van der Waals surface area (Å²) in [4.78, 5) is 29.3. The molecule has 3 aromatic rings. The van der Waals surface area contributed by atoms with Gasteiger partial charge < -0.3 is 15.3 Å². The van der Waals surface area contributed by atoms with Gasteiger partial charge in [-0.05, 0) is 44.5 Å². The van der Waals surface area contributed by atoms with Crippen LogP contribution in [0.2, 0.25) is 0 Å². The van der Waals surface area contributed by atoms with E-state index in [1.807, 2.05) is 25.1 Å². The minimum absolute atomic E-state index is 0.00790. The highest BCUT2D eigenvalue weighted by molar-refractivity contribution is 7.07. The first kappa shape index (κ1) is 19.9. The Balaban J connectivity index is 1.71. The number of hydrogen-bond acceptors (Lipinski definition) is 8. The average Bonchev–Trinajstić information content (AvgIpc) is 3.34.